The zero-order valence-corrected chi connectivity index (χ0v) is 13.4. The summed E-state index contributed by atoms with van der Waals surface area (Å²) in [7, 11) is 0. The largest absolute Gasteiger partial charge is 0.367 e. The molecule has 1 unspecified atom stereocenters. The van der Waals surface area contributed by atoms with Crippen molar-refractivity contribution < 1.29 is 4.74 Å². The zero-order chi connectivity index (χ0) is 15.0. The number of para-hydroxylation sites is 1. The van der Waals surface area contributed by atoms with Crippen LogP contribution in [0.1, 0.15) is 41.0 Å². The number of ether oxygens (including phenoxy) is 1. The third-order valence-corrected chi connectivity index (χ3v) is 4.61. The summed E-state index contributed by atoms with van der Waals surface area (Å²) in [4.78, 5) is 2.42. The minimum atomic E-state index is -0.281. The Bertz CT molecular complexity index is 455. The molecule has 1 aromatic carbocycles. The molecule has 0 radical (unpaired) electrons. The Morgan fingerprint density at radius 1 is 1.15 bits per heavy atom. The second kappa shape index (κ2) is 5.05. The first kappa shape index (κ1) is 15.3. The van der Waals surface area contributed by atoms with Crippen LogP contribution in [0.3, 0.4) is 0 Å². The Morgan fingerprint density at radius 2 is 1.75 bits per heavy atom. The summed E-state index contributed by atoms with van der Waals surface area (Å²) in [5.41, 5.74) is 6.87. The van der Waals surface area contributed by atoms with Gasteiger partial charge in [0.25, 0.3) is 0 Å². The van der Waals surface area contributed by atoms with Crippen molar-refractivity contribution in [2.75, 3.05) is 18.0 Å². The molecule has 0 spiro atoms. The molecule has 20 heavy (non-hydrogen) atoms. The number of rotatable bonds is 4. The minimum absolute atomic E-state index is 0.148. The van der Waals surface area contributed by atoms with Gasteiger partial charge in [-0.15, -0.1) is 0 Å². The van der Waals surface area contributed by atoms with Gasteiger partial charge in [-0.3, -0.25) is 0 Å². The molecule has 0 aromatic heterocycles. The van der Waals surface area contributed by atoms with E-state index in [4.69, 9.17) is 10.5 Å². The van der Waals surface area contributed by atoms with E-state index in [9.17, 15) is 0 Å². The van der Waals surface area contributed by atoms with Crippen LogP contribution in [-0.4, -0.2) is 29.8 Å². The van der Waals surface area contributed by atoms with E-state index in [1.165, 1.54) is 5.69 Å². The van der Waals surface area contributed by atoms with Gasteiger partial charge in [0.2, 0.25) is 0 Å². The fourth-order valence-electron chi connectivity index (χ4n) is 3.93. The topological polar surface area (TPSA) is 38.5 Å². The molecular formula is C17H28N2O. The van der Waals surface area contributed by atoms with Gasteiger partial charge < -0.3 is 15.4 Å². The van der Waals surface area contributed by atoms with Crippen LogP contribution in [0.15, 0.2) is 30.3 Å². The molecule has 0 bridgehead atoms. The fourth-order valence-corrected chi connectivity index (χ4v) is 3.93. The van der Waals surface area contributed by atoms with Crippen molar-refractivity contribution in [2.45, 2.75) is 57.8 Å². The third kappa shape index (κ3) is 2.33. The molecule has 1 atom stereocenters. The Kier molecular flexibility index (Phi) is 3.87. The summed E-state index contributed by atoms with van der Waals surface area (Å²) in [5, 5.41) is 0. The third-order valence-electron chi connectivity index (χ3n) is 4.61. The highest BCUT2D eigenvalue weighted by atomic mass is 16.5. The second-order valence-corrected chi connectivity index (χ2v) is 6.86. The summed E-state index contributed by atoms with van der Waals surface area (Å²) in [6.07, 6.45) is 0.937. The van der Waals surface area contributed by atoms with Crippen molar-refractivity contribution in [3.05, 3.63) is 30.3 Å². The molecule has 1 heterocycles. The van der Waals surface area contributed by atoms with Gasteiger partial charge in [-0.2, -0.15) is 0 Å². The number of hydrogen-bond donors (Lipinski definition) is 1. The Balaban J connectivity index is 2.49. The number of benzene rings is 1. The van der Waals surface area contributed by atoms with E-state index in [1.54, 1.807) is 0 Å². The lowest BCUT2D eigenvalue weighted by Gasteiger charge is -2.48. The summed E-state index contributed by atoms with van der Waals surface area (Å²) in [6.45, 7) is 12.3. The average molecular weight is 276 g/mol. The lowest BCUT2D eigenvalue weighted by molar-refractivity contribution is -0.0783. The Morgan fingerprint density at radius 3 is 2.15 bits per heavy atom. The van der Waals surface area contributed by atoms with Crippen molar-refractivity contribution in [1.82, 2.24) is 0 Å². The monoisotopic (exact) mass is 276 g/mol. The van der Waals surface area contributed by atoms with Crippen LogP contribution >= 0.6 is 0 Å². The highest BCUT2D eigenvalue weighted by Gasteiger charge is 2.59. The minimum Gasteiger partial charge on any atom is -0.367 e. The standard InChI is InChI=1S/C17H28N2O/c1-6-19(14-10-8-7-9-11-14)17(13-18)12-15(2,3)20-16(17,4)5/h7-11H,6,12-13,18H2,1-5H3. The first-order valence-electron chi connectivity index (χ1n) is 7.51. The number of hydrogen-bond acceptors (Lipinski definition) is 3. The van der Waals surface area contributed by atoms with E-state index >= 15 is 0 Å². The summed E-state index contributed by atoms with van der Waals surface area (Å²) in [6, 6.07) is 10.5. The van der Waals surface area contributed by atoms with Gasteiger partial charge in [-0.1, -0.05) is 18.2 Å². The normalized spacial score (nSPS) is 27.5. The molecule has 112 valence electrons. The number of likely N-dealkylation sites (N-methyl/N-ethyl adjacent to an activating group) is 1. The number of anilines is 1. The fraction of sp³-hybridized carbons (Fsp3) is 0.647. The predicted octanol–water partition coefficient (Wildman–Crippen LogP) is 3.19. The Hall–Kier alpha value is -1.06. The van der Waals surface area contributed by atoms with Gasteiger partial charge in [0.1, 0.15) is 0 Å². The smallest absolute Gasteiger partial charge is 0.0877 e. The van der Waals surface area contributed by atoms with Gasteiger partial charge in [0, 0.05) is 25.2 Å². The molecule has 1 aliphatic heterocycles. The molecule has 1 aromatic rings. The van der Waals surface area contributed by atoms with Crippen LogP contribution in [0.2, 0.25) is 0 Å². The van der Waals surface area contributed by atoms with Crippen LogP contribution in [-0.2, 0) is 4.74 Å². The highest BCUT2D eigenvalue weighted by Crippen LogP contribution is 2.49. The summed E-state index contributed by atoms with van der Waals surface area (Å²) >= 11 is 0. The van der Waals surface area contributed by atoms with E-state index in [-0.39, 0.29) is 16.7 Å². The number of nitrogens with zero attached hydrogens (tertiary/aromatic N) is 1. The van der Waals surface area contributed by atoms with Crippen LogP contribution < -0.4 is 10.6 Å². The van der Waals surface area contributed by atoms with E-state index in [0.29, 0.717) is 6.54 Å². The van der Waals surface area contributed by atoms with Crippen LogP contribution in [0.4, 0.5) is 5.69 Å². The van der Waals surface area contributed by atoms with Gasteiger partial charge in [-0.25, -0.2) is 0 Å². The zero-order valence-electron chi connectivity index (χ0n) is 13.4. The average Bonchev–Trinajstić information content (AvgIpc) is 2.57. The molecular weight excluding hydrogens is 248 g/mol. The summed E-state index contributed by atoms with van der Waals surface area (Å²) in [5.74, 6) is 0. The van der Waals surface area contributed by atoms with Gasteiger partial charge in [0.05, 0.1) is 16.7 Å². The van der Waals surface area contributed by atoms with Crippen LogP contribution in [0.5, 0.6) is 0 Å². The molecule has 0 amide bonds. The lowest BCUT2D eigenvalue weighted by Crippen LogP contribution is -2.63. The van der Waals surface area contributed by atoms with E-state index in [2.05, 4.69) is 63.8 Å². The SMILES string of the molecule is CCN(c1ccccc1)C1(CN)CC(C)(C)OC1(C)C. The molecule has 0 saturated carbocycles. The van der Waals surface area contributed by atoms with E-state index < -0.39 is 0 Å². The van der Waals surface area contributed by atoms with Crippen molar-refractivity contribution in [2.24, 2.45) is 5.73 Å². The van der Waals surface area contributed by atoms with Gasteiger partial charge in [-0.05, 0) is 46.8 Å². The van der Waals surface area contributed by atoms with Crippen molar-refractivity contribution >= 4 is 5.69 Å². The Labute approximate surface area is 123 Å². The molecule has 2 rings (SSSR count). The molecule has 0 aliphatic carbocycles. The molecule has 3 nitrogen and oxygen atoms in total. The van der Waals surface area contributed by atoms with Crippen molar-refractivity contribution in [1.29, 1.82) is 0 Å². The van der Waals surface area contributed by atoms with Crippen LogP contribution in [0.25, 0.3) is 0 Å². The van der Waals surface area contributed by atoms with Gasteiger partial charge >= 0.3 is 0 Å². The lowest BCUT2D eigenvalue weighted by atomic mass is 9.77. The van der Waals surface area contributed by atoms with Crippen molar-refractivity contribution in [3.8, 4) is 0 Å². The van der Waals surface area contributed by atoms with Crippen molar-refractivity contribution in [3.63, 3.8) is 0 Å². The molecule has 1 fully saturated rings. The maximum absolute atomic E-state index is 6.33. The first-order valence-corrected chi connectivity index (χ1v) is 7.51. The summed E-state index contributed by atoms with van der Waals surface area (Å²) < 4.78 is 6.33. The maximum atomic E-state index is 6.33. The highest BCUT2D eigenvalue weighted by molar-refractivity contribution is 5.51. The molecule has 1 saturated heterocycles. The molecule has 1 aliphatic rings. The maximum Gasteiger partial charge on any atom is 0.0877 e. The predicted molar refractivity (Wildman–Crippen MR) is 85.1 cm³/mol. The van der Waals surface area contributed by atoms with Crippen LogP contribution in [0, 0.1) is 0 Å². The molecule has 2 N–H and O–H groups in total. The molecule has 3 heteroatoms. The van der Waals surface area contributed by atoms with Gasteiger partial charge in [0.15, 0.2) is 0 Å². The quantitative estimate of drug-likeness (QED) is 0.918. The second-order valence-electron chi connectivity index (χ2n) is 6.86. The number of nitrogens with two attached hydrogens (primary N) is 1. The van der Waals surface area contributed by atoms with E-state index in [0.717, 1.165) is 13.0 Å². The first-order chi connectivity index (χ1) is 9.28. The van der Waals surface area contributed by atoms with E-state index in [1.807, 2.05) is 6.07 Å².